The fourth-order valence-corrected chi connectivity index (χ4v) is 1.55. The van der Waals surface area contributed by atoms with Crippen LogP contribution in [0.1, 0.15) is 43.6 Å². The number of amides is 1. The largest absolute Gasteiger partial charge is 0.458 e. The van der Waals surface area contributed by atoms with Crippen LogP contribution in [0.25, 0.3) is 0 Å². The van der Waals surface area contributed by atoms with Crippen molar-refractivity contribution in [1.82, 2.24) is 5.32 Å². The van der Waals surface area contributed by atoms with Crippen LogP contribution in [0.2, 0.25) is 0 Å². The summed E-state index contributed by atoms with van der Waals surface area (Å²) in [5.41, 5.74) is -0.857. The molecular formula is C15H19F2NO3. The summed E-state index contributed by atoms with van der Waals surface area (Å²) in [6, 6.07) is 0.797. The molecule has 1 aromatic rings. The number of benzene rings is 1. The van der Waals surface area contributed by atoms with Crippen LogP contribution in [-0.2, 0) is 9.53 Å². The van der Waals surface area contributed by atoms with Crippen molar-refractivity contribution < 1.29 is 23.1 Å². The van der Waals surface area contributed by atoms with Gasteiger partial charge in [0.25, 0.3) is 5.91 Å². The van der Waals surface area contributed by atoms with E-state index in [1.165, 1.54) is 13.8 Å². The quantitative estimate of drug-likeness (QED) is 0.873. The third-order valence-electron chi connectivity index (χ3n) is 2.60. The minimum Gasteiger partial charge on any atom is -0.458 e. The van der Waals surface area contributed by atoms with E-state index in [0.29, 0.717) is 6.07 Å². The molecule has 0 aliphatic heterocycles. The van der Waals surface area contributed by atoms with Crippen LogP contribution in [0.3, 0.4) is 0 Å². The smallest absolute Gasteiger partial charge is 0.328 e. The SMILES string of the molecule is Cc1cc(C(=O)N[C@@H](C)C(=O)OC(C)(C)C)c(F)cc1F. The Morgan fingerprint density at radius 3 is 2.29 bits per heavy atom. The van der Waals surface area contributed by atoms with Gasteiger partial charge in [-0.2, -0.15) is 0 Å². The van der Waals surface area contributed by atoms with Gasteiger partial charge in [-0.15, -0.1) is 0 Å². The summed E-state index contributed by atoms with van der Waals surface area (Å²) < 4.78 is 31.8. The summed E-state index contributed by atoms with van der Waals surface area (Å²) in [5, 5.41) is 2.33. The van der Waals surface area contributed by atoms with Crippen molar-refractivity contribution in [3.8, 4) is 0 Å². The van der Waals surface area contributed by atoms with Crippen LogP contribution in [0, 0.1) is 18.6 Å². The number of hydrogen-bond donors (Lipinski definition) is 1. The minimum absolute atomic E-state index is 0.145. The predicted molar refractivity (Wildman–Crippen MR) is 73.9 cm³/mol. The number of hydrogen-bond acceptors (Lipinski definition) is 3. The zero-order valence-electron chi connectivity index (χ0n) is 12.7. The van der Waals surface area contributed by atoms with E-state index >= 15 is 0 Å². The van der Waals surface area contributed by atoms with Gasteiger partial charge in [0, 0.05) is 6.07 Å². The van der Waals surface area contributed by atoms with Gasteiger partial charge in [-0.25, -0.2) is 13.6 Å². The van der Waals surface area contributed by atoms with E-state index in [1.807, 2.05) is 0 Å². The van der Waals surface area contributed by atoms with Crippen LogP contribution >= 0.6 is 0 Å². The highest BCUT2D eigenvalue weighted by Gasteiger charge is 2.24. The lowest BCUT2D eigenvalue weighted by atomic mass is 10.1. The van der Waals surface area contributed by atoms with Crippen LogP contribution < -0.4 is 5.32 Å². The van der Waals surface area contributed by atoms with Crippen molar-refractivity contribution in [2.24, 2.45) is 0 Å². The van der Waals surface area contributed by atoms with E-state index < -0.39 is 35.2 Å². The maximum atomic E-state index is 13.6. The number of aryl methyl sites for hydroxylation is 1. The Kier molecular flexibility index (Phi) is 5.04. The average molecular weight is 299 g/mol. The van der Waals surface area contributed by atoms with Gasteiger partial charge in [0.05, 0.1) is 5.56 Å². The molecule has 0 aliphatic rings. The topological polar surface area (TPSA) is 55.4 Å². The van der Waals surface area contributed by atoms with Crippen LogP contribution in [0.4, 0.5) is 8.78 Å². The molecule has 1 amide bonds. The molecule has 0 bridgehead atoms. The molecule has 0 radical (unpaired) electrons. The second kappa shape index (κ2) is 6.20. The lowest BCUT2D eigenvalue weighted by Crippen LogP contribution is -2.42. The van der Waals surface area contributed by atoms with E-state index in [-0.39, 0.29) is 11.1 Å². The Morgan fingerprint density at radius 2 is 1.76 bits per heavy atom. The number of esters is 1. The van der Waals surface area contributed by atoms with Gasteiger partial charge < -0.3 is 10.1 Å². The van der Waals surface area contributed by atoms with Crippen LogP contribution in [0.5, 0.6) is 0 Å². The zero-order chi connectivity index (χ0) is 16.4. The second-order valence-corrected chi connectivity index (χ2v) is 5.81. The number of nitrogens with one attached hydrogen (secondary N) is 1. The number of carbonyl (C=O) groups is 2. The number of carbonyl (C=O) groups excluding carboxylic acids is 2. The number of rotatable bonds is 3. The highest BCUT2D eigenvalue weighted by atomic mass is 19.1. The molecule has 1 N–H and O–H groups in total. The van der Waals surface area contributed by atoms with Gasteiger partial charge in [-0.1, -0.05) is 0 Å². The van der Waals surface area contributed by atoms with Gasteiger partial charge in [-0.05, 0) is 46.2 Å². The Bertz CT molecular complexity index is 565. The minimum atomic E-state index is -0.980. The molecular weight excluding hydrogens is 280 g/mol. The first-order valence-electron chi connectivity index (χ1n) is 6.50. The standard InChI is InChI=1S/C15H19F2NO3/c1-8-6-10(12(17)7-11(8)16)13(19)18-9(2)14(20)21-15(3,4)5/h6-7,9H,1-5H3,(H,18,19)/t9-/m0/s1. The first-order valence-corrected chi connectivity index (χ1v) is 6.50. The Hall–Kier alpha value is -1.98. The predicted octanol–water partition coefficient (Wildman–Crippen LogP) is 2.73. The molecule has 0 saturated heterocycles. The molecule has 0 aliphatic carbocycles. The molecule has 0 heterocycles. The molecule has 0 saturated carbocycles. The molecule has 116 valence electrons. The van der Waals surface area contributed by atoms with E-state index in [1.54, 1.807) is 20.8 Å². The van der Waals surface area contributed by atoms with Crippen molar-refractivity contribution in [1.29, 1.82) is 0 Å². The van der Waals surface area contributed by atoms with Crippen molar-refractivity contribution in [3.05, 3.63) is 34.9 Å². The zero-order valence-corrected chi connectivity index (χ0v) is 12.7. The highest BCUT2D eigenvalue weighted by molar-refractivity contribution is 5.97. The van der Waals surface area contributed by atoms with Gasteiger partial charge in [-0.3, -0.25) is 4.79 Å². The third-order valence-corrected chi connectivity index (χ3v) is 2.60. The molecule has 0 fully saturated rings. The fourth-order valence-electron chi connectivity index (χ4n) is 1.55. The molecule has 1 atom stereocenters. The van der Waals surface area contributed by atoms with E-state index in [9.17, 15) is 18.4 Å². The average Bonchev–Trinajstić information content (AvgIpc) is 2.31. The molecule has 0 aromatic heterocycles. The monoisotopic (exact) mass is 299 g/mol. The maximum absolute atomic E-state index is 13.6. The van der Waals surface area contributed by atoms with Gasteiger partial charge in [0.2, 0.25) is 0 Å². The molecule has 0 unspecified atom stereocenters. The Morgan fingerprint density at radius 1 is 1.19 bits per heavy atom. The fraction of sp³-hybridized carbons (Fsp3) is 0.467. The van der Waals surface area contributed by atoms with E-state index in [0.717, 1.165) is 6.07 Å². The summed E-state index contributed by atoms with van der Waals surface area (Å²) in [7, 11) is 0. The van der Waals surface area contributed by atoms with Gasteiger partial charge in [0.15, 0.2) is 0 Å². The molecule has 4 nitrogen and oxygen atoms in total. The van der Waals surface area contributed by atoms with Crippen molar-refractivity contribution in [3.63, 3.8) is 0 Å². The first-order chi connectivity index (χ1) is 9.51. The summed E-state index contributed by atoms with van der Waals surface area (Å²) in [5.74, 6) is -3.14. The lowest BCUT2D eigenvalue weighted by molar-refractivity contribution is -0.156. The van der Waals surface area contributed by atoms with E-state index in [4.69, 9.17) is 4.74 Å². The van der Waals surface area contributed by atoms with Crippen LogP contribution in [-0.4, -0.2) is 23.5 Å². The molecule has 0 spiro atoms. The molecule has 21 heavy (non-hydrogen) atoms. The Labute approximate surface area is 122 Å². The summed E-state index contributed by atoms with van der Waals surface area (Å²) in [4.78, 5) is 23.7. The lowest BCUT2D eigenvalue weighted by Gasteiger charge is -2.22. The second-order valence-electron chi connectivity index (χ2n) is 5.81. The third kappa shape index (κ3) is 4.81. The van der Waals surface area contributed by atoms with Crippen LogP contribution in [0.15, 0.2) is 12.1 Å². The van der Waals surface area contributed by atoms with Gasteiger partial charge in [0.1, 0.15) is 23.3 Å². The highest BCUT2D eigenvalue weighted by Crippen LogP contribution is 2.15. The molecule has 1 rings (SSSR count). The summed E-state index contributed by atoms with van der Waals surface area (Å²) >= 11 is 0. The normalized spacial score (nSPS) is 12.7. The van der Waals surface area contributed by atoms with Crippen molar-refractivity contribution in [2.75, 3.05) is 0 Å². The maximum Gasteiger partial charge on any atom is 0.328 e. The van der Waals surface area contributed by atoms with Gasteiger partial charge >= 0.3 is 5.97 Å². The van der Waals surface area contributed by atoms with Crippen molar-refractivity contribution in [2.45, 2.75) is 46.3 Å². The number of halogens is 2. The van der Waals surface area contributed by atoms with E-state index in [2.05, 4.69) is 5.32 Å². The molecule has 6 heteroatoms. The summed E-state index contributed by atoms with van der Waals surface area (Å²) in [6.07, 6.45) is 0. The summed E-state index contributed by atoms with van der Waals surface area (Å²) in [6.45, 7) is 7.94. The first kappa shape index (κ1) is 17.1. The Balaban J connectivity index is 2.82. The molecule has 1 aromatic carbocycles. The van der Waals surface area contributed by atoms with Crippen molar-refractivity contribution >= 4 is 11.9 Å². The number of ether oxygens (including phenoxy) is 1.